The minimum absolute atomic E-state index is 0.720. The van der Waals surface area contributed by atoms with E-state index in [2.05, 4.69) is 52.5 Å². The number of likely N-dealkylation sites (tertiary alicyclic amines) is 1. The largest absolute Gasteiger partial charge is 0.311 e. The second-order valence-electron chi connectivity index (χ2n) is 5.90. The lowest BCUT2D eigenvalue weighted by Crippen LogP contribution is -2.44. The maximum atomic E-state index is 4.20. The third kappa shape index (κ3) is 5.05. The van der Waals surface area contributed by atoms with E-state index in [4.69, 9.17) is 0 Å². The number of nitrogens with zero attached hydrogens (tertiary/aromatic N) is 5. The van der Waals surface area contributed by atoms with E-state index in [-0.39, 0.29) is 0 Å². The van der Waals surface area contributed by atoms with Gasteiger partial charge in [-0.05, 0) is 46.1 Å². The van der Waals surface area contributed by atoms with Crippen LogP contribution >= 0.6 is 0 Å². The molecule has 1 N–H and O–H groups in total. The van der Waals surface area contributed by atoms with Crippen LogP contribution in [0.3, 0.4) is 0 Å². The van der Waals surface area contributed by atoms with Gasteiger partial charge in [-0.3, -0.25) is 4.68 Å². The Kier molecular flexibility index (Phi) is 6.60. The van der Waals surface area contributed by atoms with E-state index in [0.717, 1.165) is 37.9 Å². The van der Waals surface area contributed by atoms with Gasteiger partial charge in [-0.15, -0.1) is 5.10 Å². The molecule has 0 bridgehead atoms. The molecule has 120 valence electrons. The molecule has 1 aromatic rings. The van der Waals surface area contributed by atoms with Gasteiger partial charge in [0.05, 0.1) is 12.2 Å². The highest BCUT2D eigenvalue weighted by Gasteiger charge is 2.21. The molecule has 1 aliphatic heterocycles. The van der Waals surface area contributed by atoms with Gasteiger partial charge in [-0.1, -0.05) is 19.1 Å². The van der Waals surface area contributed by atoms with Crippen LogP contribution in [0.4, 0.5) is 0 Å². The molecule has 0 aromatic carbocycles. The van der Waals surface area contributed by atoms with Crippen LogP contribution in [-0.2, 0) is 13.1 Å². The van der Waals surface area contributed by atoms with Crippen molar-refractivity contribution in [2.24, 2.45) is 0 Å². The first-order chi connectivity index (χ1) is 10.2. The lowest BCUT2D eigenvalue weighted by Gasteiger charge is -2.36. The summed E-state index contributed by atoms with van der Waals surface area (Å²) in [4.78, 5) is 5.02. The number of nitrogens with one attached hydrogen (secondary N) is 1. The summed E-state index contributed by atoms with van der Waals surface area (Å²) >= 11 is 0. The van der Waals surface area contributed by atoms with E-state index in [1.54, 1.807) is 0 Å². The Morgan fingerprint density at radius 1 is 1.33 bits per heavy atom. The van der Waals surface area contributed by atoms with Crippen molar-refractivity contribution >= 4 is 0 Å². The minimum Gasteiger partial charge on any atom is -0.311 e. The summed E-state index contributed by atoms with van der Waals surface area (Å²) in [5, 5.41) is 11.7. The number of hydrogen-bond acceptors (Lipinski definition) is 5. The quantitative estimate of drug-likeness (QED) is 0.769. The van der Waals surface area contributed by atoms with Crippen LogP contribution in [0.5, 0.6) is 0 Å². The van der Waals surface area contributed by atoms with Gasteiger partial charge in [0.1, 0.15) is 0 Å². The van der Waals surface area contributed by atoms with Gasteiger partial charge in [-0.2, -0.15) is 0 Å². The summed E-state index contributed by atoms with van der Waals surface area (Å²) in [5.41, 5.74) is 1.02. The molecular weight excluding hydrogens is 264 g/mol. The third-order valence-corrected chi connectivity index (χ3v) is 4.45. The molecule has 0 saturated carbocycles. The van der Waals surface area contributed by atoms with E-state index in [9.17, 15) is 0 Å². The normalized spacial score (nSPS) is 17.7. The maximum Gasteiger partial charge on any atom is 0.0964 e. The van der Waals surface area contributed by atoms with Gasteiger partial charge < -0.3 is 15.1 Å². The summed E-state index contributed by atoms with van der Waals surface area (Å²) in [6.45, 7) is 11.7. The Bertz CT molecular complexity index is 397. The lowest BCUT2D eigenvalue weighted by molar-refractivity contribution is 0.128. The zero-order valence-electron chi connectivity index (χ0n) is 13.8. The van der Waals surface area contributed by atoms with Gasteiger partial charge in [0.25, 0.3) is 0 Å². The van der Waals surface area contributed by atoms with Crippen molar-refractivity contribution in [1.29, 1.82) is 0 Å². The number of rotatable bonds is 8. The van der Waals surface area contributed by atoms with Crippen molar-refractivity contribution < 1.29 is 0 Å². The predicted molar refractivity (Wildman–Crippen MR) is 85.2 cm³/mol. The molecule has 0 amide bonds. The van der Waals surface area contributed by atoms with Gasteiger partial charge in [0.2, 0.25) is 0 Å². The number of hydrogen-bond donors (Lipinski definition) is 1. The van der Waals surface area contributed by atoms with Crippen LogP contribution in [0.1, 0.15) is 32.4 Å². The molecule has 1 aliphatic rings. The average molecular weight is 294 g/mol. The number of aromatic nitrogens is 3. The zero-order valence-corrected chi connectivity index (χ0v) is 13.8. The summed E-state index contributed by atoms with van der Waals surface area (Å²) < 4.78 is 1.96. The van der Waals surface area contributed by atoms with Gasteiger partial charge in [0.15, 0.2) is 0 Å². The summed E-state index contributed by atoms with van der Waals surface area (Å²) in [7, 11) is 2.24. The highest BCUT2D eigenvalue weighted by Crippen LogP contribution is 2.14. The Morgan fingerprint density at radius 2 is 2.10 bits per heavy atom. The van der Waals surface area contributed by atoms with E-state index >= 15 is 0 Å². The van der Waals surface area contributed by atoms with Crippen molar-refractivity contribution in [3.05, 3.63) is 11.9 Å². The first-order valence-corrected chi connectivity index (χ1v) is 8.25. The zero-order chi connectivity index (χ0) is 15.1. The second kappa shape index (κ2) is 8.46. The fraction of sp³-hybridized carbons (Fsp3) is 0.867. The Labute approximate surface area is 128 Å². The van der Waals surface area contributed by atoms with Crippen LogP contribution in [0.15, 0.2) is 6.20 Å². The highest BCUT2D eigenvalue weighted by molar-refractivity contribution is 4.91. The fourth-order valence-electron chi connectivity index (χ4n) is 2.90. The first kappa shape index (κ1) is 16.4. The molecule has 2 heterocycles. The van der Waals surface area contributed by atoms with Crippen molar-refractivity contribution in [1.82, 2.24) is 30.1 Å². The van der Waals surface area contributed by atoms with Gasteiger partial charge in [0, 0.05) is 25.3 Å². The molecule has 1 fully saturated rings. The molecule has 2 rings (SSSR count). The fourth-order valence-corrected chi connectivity index (χ4v) is 2.90. The van der Waals surface area contributed by atoms with Crippen LogP contribution in [0, 0.1) is 0 Å². The lowest BCUT2D eigenvalue weighted by atomic mass is 10.0. The van der Waals surface area contributed by atoms with Crippen molar-refractivity contribution in [2.75, 3.05) is 39.8 Å². The van der Waals surface area contributed by atoms with E-state index in [1.165, 1.54) is 32.5 Å². The van der Waals surface area contributed by atoms with Crippen molar-refractivity contribution in [3.8, 4) is 0 Å². The third-order valence-electron chi connectivity index (χ3n) is 4.45. The number of likely N-dealkylation sites (N-methyl/N-ethyl adjacent to an activating group) is 1. The Hall–Kier alpha value is -0.980. The topological polar surface area (TPSA) is 49.2 Å². The molecule has 0 radical (unpaired) electrons. The maximum absolute atomic E-state index is 4.20. The SMILES string of the molecule is CCNCc1cn(CCN(C)C2CCN(CC)CC2)nn1. The molecule has 21 heavy (non-hydrogen) atoms. The standard InChI is InChI=1S/C15H30N6/c1-4-16-12-14-13-21(18-17-14)11-10-19(3)15-6-8-20(5-2)9-7-15/h13,15-16H,4-12H2,1-3H3. The Morgan fingerprint density at radius 3 is 2.76 bits per heavy atom. The monoisotopic (exact) mass is 294 g/mol. The second-order valence-corrected chi connectivity index (χ2v) is 5.90. The molecule has 0 aliphatic carbocycles. The van der Waals surface area contributed by atoms with Crippen LogP contribution in [0.2, 0.25) is 0 Å². The smallest absolute Gasteiger partial charge is 0.0964 e. The molecule has 1 saturated heterocycles. The van der Waals surface area contributed by atoms with Crippen LogP contribution < -0.4 is 5.32 Å². The molecule has 0 spiro atoms. The summed E-state index contributed by atoms with van der Waals surface area (Å²) in [6.07, 6.45) is 4.62. The molecule has 1 aromatic heterocycles. The molecule has 0 atom stereocenters. The first-order valence-electron chi connectivity index (χ1n) is 8.25. The molecule has 6 heteroatoms. The van der Waals surface area contributed by atoms with E-state index in [0.29, 0.717) is 0 Å². The molecular formula is C15H30N6. The molecule has 6 nitrogen and oxygen atoms in total. The van der Waals surface area contributed by atoms with Crippen LogP contribution in [-0.4, -0.2) is 70.6 Å². The summed E-state index contributed by atoms with van der Waals surface area (Å²) in [6, 6.07) is 0.720. The van der Waals surface area contributed by atoms with Gasteiger partial charge in [-0.25, -0.2) is 0 Å². The van der Waals surface area contributed by atoms with Crippen LogP contribution in [0.25, 0.3) is 0 Å². The highest BCUT2D eigenvalue weighted by atomic mass is 15.4. The minimum atomic E-state index is 0.720. The average Bonchev–Trinajstić information content (AvgIpc) is 2.98. The predicted octanol–water partition coefficient (Wildman–Crippen LogP) is 0.804. The van der Waals surface area contributed by atoms with E-state index < -0.39 is 0 Å². The van der Waals surface area contributed by atoms with E-state index in [1.807, 2.05) is 4.68 Å². The Balaban J connectivity index is 1.71. The molecule has 0 unspecified atom stereocenters. The summed E-state index contributed by atoms with van der Waals surface area (Å²) in [5.74, 6) is 0. The van der Waals surface area contributed by atoms with Crippen molar-refractivity contribution in [2.45, 2.75) is 45.8 Å². The number of piperidine rings is 1. The van der Waals surface area contributed by atoms with Crippen molar-refractivity contribution in [3.63, 3.8) is 0 Å². The van der Waals surface area contributed by atoms with Gasteiger partial charge >= 0.3 is 0 Å².